The lowest BCUT2D eigenvalue weighted by Crippen LogP contribution is -2.34. The summed E-state index contributed by atoms with van der Waals surface area (Å²) in [4.78, 5) is 7.08. The zero-order valence-corrected chi connectivity index (χ0v) is 16.2. The van der Waals surface area contributed by atoms with Gasteiger partial charge in [0.25, 0.3) is 0 Å². The minimum absolute atomic E-state index is 0.595. The molecule has 2 aromatic heterocycles. The summed E-state index contributed by atoms with van der Waals surface area (Å²) in [5.74, 6) is 2.96. The highest BCUT2D eigenvalue weighted by Gasteiger charge is 2.23. The first-order valence-corrected chi connectivity index (χ1v) is 9.62. The van der Waals surface area contributed by atoms with Crippen LogP contribution < -0.4 is 0 Å². The summed E-state index contributed by atoms with van der Waals surface area (Å²) in [6.45, 7) is 9.15. The van der Waals surface area contributed by atoms with Crippen LogP contribution in [0.4, 0.5) is 0 Å². The Kier molecular flexibility index (Phi) is 5.07. The van der Waals surface area contributed by atoms with Crippen molar-refractivity contribution < 1.29 is 9.05 Å². The molecule has 0 atom stereocenters. The quantitative estimate of drug-likeness (QED) is 0.677. The summed E-state index contributed by atoms with van der Waals surface area (Å²) < 4.78 is 10.8. The van der Waals surface area contributed by atoms with Crippen LogP contribution in [0.25, 0.3) is 11.4 Å². The second kappa shape index (κ2) is 7.64. The Bertz CT molecular complexity index is 870. The second-order valence-electron chi connectivity index (χ2n) is 7.60. The average molecular weight is 366 g/mol. The molecule has 27 heavy (non-hydrogen) atoms. The molecule has 6 nitrogen and oxygen atoms in total. The molecular weight excluding hydrogens is 340 g/mol. The van der Waals surface area contributed by atoms with Gasteiger partial charge < -0.3 is 9.05 Å². The maximum Gasteiger partial charge on any atom is 0.227 e. The topological polar surface area (TPSA) is 68.2 Å². The van der Waals surface area contributed by atoms with E-state index in [4.69, 9.17) is 9.05 Å². The average Bonchev–Trinajstić information content (AvgIpc) is 3.26. The molecule has 1 saturated heterocycles. The third kappa shape index (κ3) is 4.11. The summed E-state index contributed by atoms with van der Waals surface area (Å²) in [5, 5.41) is 8.21. The summed E-state index contributed by atoms with van der Waals surface area (Å²) in [5.41, 5.74) is 4.47. The van der Waals surface area contributed by atoms with Gasteiger partial charge in [-0.2, -0.15) is 4.98 Å². The van der Waals surface area contributed by atoms with Crippen LogP contribution >= 0.6 is 0 Å². The third-order valence-corrected chi connectivity index (χ3v) is 5.51. The molecule has 3 aromatic rings. The molecule has 1 fully saturated rings. The minimum atomic E-state index is 0.595. The Morgan fingerprint density at radius 1 is 1.00 bits per heavy atom. The predicted molar refractivity (Wildman–Crippen MR) is 102 cm³/mol. The van der Waals surface area contributed by atoms with Gasteiger partial charge in [-0.25, -0.2) is 0 Å². The molecule has 142 valence electrons. The highest BCUT2D eigenvalue weighted by atomic mass is 16.5. The van der Waals surface area contributed by atoms with Gasteiger partial charge >= 0.3 is 0 Å². The molecule has 1 aliphatic rings. The van der Waals surface area contributed by atoms with Crippen molar-refractivity contribution in [2.45, 2.75) is 46.6 Å². The molecule has 0 spiro atoms. The van der Waals surface area contributed by atoms with Gasteiger partial charge in [0.2, 0.25) is 11.7 Å². The van der Waals surface area contributed by atoms with Crippen LogP contribution in [0.3, 0.4) is 0 Å². The van der Waals surface area contributed by atoms with Gasteiger partial charge in [-0.1, -0.05) is 40.1 Å². The molecule has 0 bridgehead atoms. The van der Waals surface area contributed by atoms with E-state index in [1.54, 1.807) is 0 Å². The molecule has 0 N–H and O–H groups in total. The zero-order chi connectivity index (χ0) is 18.8. The van der Waals surface area contributed by atoms with Crippen LogP contribution in [0.15, 0.2) is 33.3 Å². The third-order valence-electron chi connectivity index (χ3n) is 5.51. The van der Waals surface area contributed by atoms with Crippen molar-refractivity contribution in [1.29, 1.82) is 0 Å². The van der Waals surface area contributed by atoms with E-state index >= 15 is 0 Å². The highest BCUT2D eigenvalue weighted by Crippen LogP contribution is 2.25. The SMILES string of the molecule is Cc1ccc(-c2noc(CC3CCN(Cc4c(C)noc4C)CC3)n2)cc1. The fourth-order valence-corrected chi connectivity index (χ4v) is 3.70. The highest BCUT2D eigenvalue weighted by molar-refractivity contribution is 5.54. The lowest BCUT2D eigenvalue weighted by Gasteiger charge is -2.31. The molecule has 4 rings (SSSR count). The molecule has 0 aliphatic carbocycles. The van der Waals surface area contributed by atoms with E-state index in [-0.39, 0.29) is 0 Å². The van der Waals surface area contributed by atoms with Crippen LogP contribution in [0.2, 0.25) is 0 Å². The smallest absolute Gasteiger partial charge is 0.227 e. The number of rotatable bonds is 5. The maximum absolute atomic E-state index is 5.50. The number of benzene rings is 1. The zero-order valence-electron chi connectivity index (χ0n) is 16.2. The first kappa shape index (κ1) is 17.9. The van der Waals surface area contributed by atoms with Crippen molar-refractivity contribution in [2.24, 2.45) is 5.92 Å². The molecule has 1 aliphatic heterocycles. The van der Waals surface area contributed by atoms with Gasteiger partial charge in [-0.3, -0.25) is 4.90 Å². The van der Waals surface area contributed by atoms with Crippen LogP contribution in [0.1, 0.15) is 41.3 Å². The monoisotopic (exact) mass is 366 g/mol. The lowest BCUT2D eigenvalue weighted by molar-refractivity contribution is 0.170. The summed E-state index contributed by atoms with van der Waals surface area (Å²) in [6, 6.07) is 8.22. The van der Waals surface area contributed by atoms with Crippen LogP contribution in [0, 0.1) is 26.7 Å². The Balaban J connectivity index is 1.31. The van der Waals surface area contributed by atoms with Crippen molar-refractivity contribution in [2.75, 3.05) is 13.1 Å². The number of nitrogens with zero attached hydrogens (tertiary/aromatic N) is 4. The van der Waals surface area contributed by atoms with Crippen LogP contribution in [-0.2, 0) is 13.0 Å². The molecule has 0 amide bonds. The molecule has 0 unspecified atom stereocenters. The van der Waals surface area contributed by atoms with Crippen molar-refractivity contribution >= 4 is 0 Å². The number of aryl methyl sites for hydroxylation is 3. The Morgan fingerprint density at radius 3 is 2.41 bits per heavy atom. The molecule has 0 saturated carbocycles. The molecule has 6 heteroatoms. The fraction of sp³-hybridized carbons (Fsp3) is 0.476. The van der Waals surface area contributed by atoms with Gasteiger partial charge in [0.15, 0.2) is 0 Å². The van der Waals surface area contributed by atoms with Crippen molar-refractivity contribution in [1.82, 2.24) is 20.2 Å². The van der Waals surface area contributed by atoms with Gasteiger partial charge in [-0.05, 0) is 52.6 Å². The van der Waals surface area contributed by atoms with Gasteiger partial charge in [-0.15, -0.1) is 0 Å². The fourth-order valence-electron chi connectivity index (χ4n) is 3.70. The van der Waals surface area contributed by atoms with E-state index in [0.29, 0.717) is 11.7 Å². The molecule has 3 heterocycles. The van der Waals surface area contributed by atoms with E-state index in [1.807, 2.05) is 26.0 Å². The maximum atomic E-state index is 5.50. The summed E-state index contributed by atoms with van der Waals surface area (Å²) in [7, 11) is 0. The molecular formula is C21H26N4O2. The van der Waals surface area contributed by atoms with E-state index in [9.17, 15) is 0 Å². The number of likely N-dealkylation sites (tertiary alicyclic amines) is 1. The van der Waals surface area contributed by atoms with E-state index in [2.05, 4.69) is 39.3 Å². The van der Waals surface area contributed by atoms with Gasteiger partial charge in [0, 0.05) is 24.1 Å². The summed E-state index contributed by atoms with van der Waals surface area (Å²) in [6.07, 6.45) is 3.15. The number of aromatic nitrogens is 3. The summed E-state index contributed by atoms with van der Waals surface area (Å²) >= 11 is 0. The van der Waals surface area contributed by atoms with Crippen molar-refractivity contribution in [3.05, 3.63) is 52.7 Å². The standard InChI is InChI=1S/C21H26N4O2/c1-14-4-6-18(7-5-14)21-22-20(27-24-21)12-17-8-10-25(11-9-17)13-19-15(2)23-26-16(19)3/h4-7,17H,8-13H2,1-3H3. The van der Waals surface area contributed by atoms with Gasteiger partial charge in [0.1, 0.15) is 5.76 Å². The first-order chi connectivity index (χ1) is 13.1. The molecule has 1 aromatic carbocycles. The van der Waals surface area contributed by atoms with E-state index < -0.39 is 0 Å². The second-order valence-corrected chi connectivity index (χ2v) is 7.60. The number of hydrogen-bond acceptors (Lipinski definition) is 6. The Morgan fingerprint density at radius 2 is 1.74 bits per heavy atom. The lowest BCUT2D eigenvalue weighted by atomic mass is 9.93. The number of piperidine rings is 1. The van der Waals surface area contributed by atoms with E-state index in [0.717, 1.165) is 61.8 Å². The van der Waals surface area contributed by atoms with Crippen molar-refractivity contribution in [3.63, 3.8) is 0 Å². The van der Waals surface area contributed by atoms with Gasteiger partial charge in [0.05, 0.1) is 5.69 Å². The van der Waals surface area contributed by atoms with Crippen molar-refractivity contribution in [3.8, 4) is 11.4 Å². The normalized spacial score (nSPS) is 16.1. The first-order valence-electron chi connectivity index (χ1n) is 9.62. The Labute approximate surface area is 159 Å². The minimum Gasteiger partial charge on any atom is -0.361 e. The Hall–Kier alpha value is -2.47. The number of hydrogen-bond donors (Lipinski definition) is 0. The molecule has 0 radical (unpaired) electrons. The van der Waals surface area contributed by atoms with E-state index in [1.165, 1.54) is 11.1 Å². The van der Waals surface area contributed by atoms with Crippen LogP contribution in [0.5, 0.6) is 0 Å². The largest absolute Gasteiger partial charge is 0.361 e. The van der Waals surface area contributed by atoms with Crippen LogP contribution in [-0.4, -0.2) is 33.3 Å². The predicted octanol–water partition coefficient (Wildman–Crippen LogP) is 4.10.